The number of phenols is 1. The maximum absolute atomic E-state index is 9.03. The van der Waals surface area contributed by atoms with Gasteiger partial charge in [0.1, 0.15) is 5.75 Å². The number of phenolic OH excluding ortho intramolecular Hbond substituents is 1. The molecule has 0 heterocycles. The Morgan fingerprint density at radius 1 is 1.40 bits per heavy atom. The van der Waals surface area contributed by atoms with Crippen LogP contribution in [0.25, 0.3) is 0 Å². The number of nitrogens with one attached hydrogen (secondary N) is 1. The zero-order chi connectivity index (χ0) is 7.56. The summed E-state index contributed by atoms with van der Waals surface area (Å²) in [4.78, 5) is 0. The van der Waals surface area contributed by atoms with Crippen LogP contribution < -0.4 is 5.32 Å². The summed E-state index contributed by atoms with van der Waals surface area (Å²) in [6, 6.07) is 5.26. The fraction of sp³-hybridized carbons (Fsp3) is 0.250. The standard InChI is InChI=1S/C8H11NO/c1-6-3-4-7(10)5-8(6)9-2/h3-5,9-10H,1-2H3. The Bertz CT molecular complexity index is 233. The quantitative estimate of drug-likeness (QED) is 0.618. The molecule has 1 rings (SSSR count). The molecule has 1 aromatic rings. The molecule has 2 N–H and O–H groups in total. The zero-order valence-corrected chi connectivity index (χ0v) is 6.18. The minimum atomic E-state index is 0.301. The van der Waals surface area contributed by atoms with E-state index in [0.29, 0.717) is 5.75 Å². The van der Waals surface area contributed by atoms with Crippen LogP contribution in [-0.4, -0.2) is 12.2 Å². The number of aromatic hydroxyl groups is 1. The van der Waals surface area contributed by atoms with Crippen LogP contribution in [0.3, 0.4) is 0 Å². The summed E-state index contributed by atoms with van der Waals surface area (Å²) in [5, 5.41) is 12.0. The molecular weight excluding hydrogens is 126 g/mol. The van der Waals surface area contributed by atoms with Crippen molar-refractivity contribution in [1.82, 2.24) is 0 Å². The second kappa shape index (κ2) is 2.60. The smallest absolute Gasteiger partial charge is 0.117 e. The molecule has 0 bridgehead atoms. The Hall–Kier alpha value is -1.18. The van der Waals surface area contributed by atoms with Gasteiger partial charge in [-0.1, -0.05) is 6.07 Å². The van der Waals surface area contributed by atoms with Crippen LogP contribution in [0, 0.1) is 6.92 Å². The molecule has 10 heavy (non-hydrogen) atoms. The number of benzene rings is 1. The number of rotatable bonds is 1. The Balaban J connectivity index is 3.09. The molecule has 2 heteroatoms. The number of hydrogen-bond donors (Lipinski definition) is 2. The third-order valence-electron chi connectivity index (χ3n) is 1.49. The first-order valence-electron chi connectivity index (χ1n) is 3.21. The van der Waals surface area contributed by atoms with Gasteiger partial charge >= 0.3 is 0 Å². The van der Waals surface area contributed by atoms with E-state index in [-0.39, 0.29) is 0 Å². The predicted molar refractivity (Wildman–Crippen MR) is 42.4 cm³/mol. The summed E-state index contributed by atoms with van der Waals surface area (Å²) < 4.78 is 0. The van der Waals surface area contributed by atoms with Crippen LogP contribution in [0.1, 0.15) is 5.56 Å². The summed E-state index contributed by atoms with van der Waals surface area (Å²) >= 11 is 0. The van der Waals surface area contributed by atoms with E-state index in [1.165, 1.54) is 0 Å². The van der Waals surface area contributed by atoms with Crippen molar-refractivity contribution in [3.8, 4) is 5.75 Å². The lowest BCUT2D eigenvalue weighted by atomic mass is 10.2. The average molecular weight is 137 g/mol. The molecule has 0 amide bonds. The van der Waals surface area contributed by atoms with E-state index in [4.69, 9.17) is 5.11 Å². The number of aryl methyl sites for hydroxylation is 1. The van der Waals surface area contributed by atoms with E-state index in [1.54, 1.807) is 12.1 Å². The molecule has 0 fully saturated rings. The van der Waals surface area contributed by atoms with Crippen molar-refractivity contribution in [3.05, 3.63) is 23.8 Å². The van der Waals surface area contributed by atoms with E-state index < -0.39 is 0 Å². The van der Waals surface area contributed by atoms with E-state index in [9.17, 15) is 0 Å². The summed E-state index contributed by atoms with van der Waals surface area (Å²) in [5.41, 5.74) is 2.11. The highest BCUT2D eigenvalue weighted by atomic mass is 16.3. The average Bonchev–Trinajstić information content (AvgIpc) is 1.94. The molecule has 0 saturated carbocycles. The maximum atomic E-state index is 9.03. The Morgan fingerprint density at radius 3 is 2.60 bits per heavy atom. The van der Waals surface area contributed by atoms with Crippen LogP contribution in [0.2, 0.25) is 0 Å². The molecule has 0 unspecified atom stereocenters. The molecule has 2 nitrogen and oxygen atoms in total. The Kier molecular flexibility index (Phi) is 1.81. The van der Waals surface area contributed by atoms with Crippen LogP contribution in [0.15, 0.2) is 18.2 Å². The summed E-state index contributed by atoms with van der Waals surface area (Å²) in [7, 11) is 1.84. The molecule has 0 radical (unpaired) electrons. The molecule has 0 atom stereocenters. The van der Waals surface area contributed by atoms with Crippen molar-refractivity contribution >= 4 is 5.69 Å². The van der Waals surface area contributed by atoms with E-state index in [1.807, 2.05) is 20.0 Å². The first-order valence-corrected chi connectivity index (χ1v) is 3.21. The fourth-order valence-electron chi connectivity index (χ4n) is 0.879. The van der Waals surface area contributed by atoms with Gasteiger partial charge in [0.05, 0.1) is 0 Å². The Morgan fingerprint density at radius 2 is 2.10 bits per heavy atom. The minimum absolute atomic E-state index is 0.301. The van der Waals surface area contributed by atoms with Crippen molar-refractivity contribution in [3.63, 3.8) is 0 Å². The maximum Gasteiger partial charge on any atom is 0.117 e. The summed E-state index contributed by atoms with van der Waals surface area (Å²) in [6.07, 6.45) is 0. The minimum Gasteiger partial charge on any atom is -0.508 e. The summed E-state index contributed by atoms with van der Waals surface area (Å²) in [6.45, 7) is 1.99. The van der Waals surface area contributed by atoms with Crippen molar-refractivity contribution in [2.45, 2.75) is 6.92 Å². The topological polar surface area (TPSA) is 32.3 Å². The molecule has 0 aliphatic rings. The zero-order valence-electron chi connectivity index (χ0n) is 6.18. The molecule has 0 spiro atoms. The van der Waals surface area contributed by atoms with Crippen molar-refractivity contribution in [1.29, 1.82) is 0 Å². The van der Waals surface area contributed by atoms with Gasteiger partial charge in [-0.25, -0.2) is 0 Å². The summed E-state index contributed by atoms with van der Waals surface area (Å²) in [5.74, 6) is 0.301. The van der Waals surface area contributed by atoms with Crippen LogP contribution in [-0.2, 0) is 0 Å². The fourth-order valence-corrected chi connectivity index (χ4v) is 0.879. The molecule has 0 saturated heterocycles. The van der Waals surface area contributed by atoms with Crippen molar-refractivity contribution in [2.75, 3.05) is 12.4 Å². The van der Waals surface area contributed by atoms with Gasteiger partial charge in [-0.2, -0.15) is 0 Å². The third-order valence-corrected chi connectivity index (χ3v) is 1.49. The second-order valence-electron chi connectivity index (χ2n) is 2.25. The molecule has 54 valence electrons. The van der Waals surface area contributed by atoms with Gasteiger partial charge in [0, 0.05) is 18.8 Å². The van der Waals surface area contributed by atoms with Crippen molar-refractivity contribution in [2.24, 2.45) is 0 Å². The van der Waals surface area contributed by atoms with Crippen LogP contribution in [0.4, 0.5) is 5.69 Å². The van der Waals surface area contributed by atoms with E-state index in [2.05, 4.69) is 5.32 Å². The molecule has 0 aliphatic heterocycles. The lowest BCUT2D eigenvalue weighted by molar-refractivity contribution is 0.475. The van der Waals surface area contributed by atoms with Crippen LogP contribution in [0.5, 0.6) is 5.75 Å². The highest BCUT2D eigenvalue weighted by molar-refractivity contribution is 5.53. The van der Waals surface area contributed by atoms with Gasteiger partial charge < -0.3 is 10.4 Å². The normalized spacial score (nSPS) is 9.40. The second-order valence-corrected chi connectivity index (χ2v) is 2.25. The lowest BCUT2D eigenvalue weighted by Crippen LogP contribution is -1.89. The van der Waals surface area contributed by atoms with E-state index >= 15 is 0 Å². The molecular formula is C8H11NO. The van der Waals surface area contributed by atoms with Crippen molar-refractivity contribution < 1.29 is 5.11 Å². The first kappa shape index (κ1) is 6.93. The Labute approximate surface area is 60.5 Å². The lowest BCUT2D eigenvalue weighted by Gasteiger charge is -2.03. The predicted octanol–water partition coefficient (Wildman–Crippen LogP) is 1.74. The van der Waals surface area contributed by atoms with Gasteiger partial charge in [-0.3, -0.25) is 0 Å². The largest absolute Gasteiger partial charge is 0.508 e. The highest BCUT2D eigenvalue weighted by Crippen LogP contribution is 2.19. The molecule has 0 aliphatic carbocycles. The van der Waals surface area contributed by atoms with Gasteiger partial charge in [0.25, 0.3) is 0 Å². The number of hydrogen-bond acceptors (Lipinski definition) is 2. The molecule has 0 aromatic heterocycles. The number of anilines is 1. The van der Waals surface area contributed by atoms with Gasteiger partial charge in [-0.05, 0) is 18.6 Å². The van der Waals surface area contributed by atoms with Gasteiger partial charge in [-0.15, -0.1) is 0 Å². The van der Waals surface area contributed by atoms with Gasteiger partial charge in [0.2, 0.25) is 0 Å². The molecule has 1 aromatic carbocycles. The highest BCUT2D eigenvalue weighted by Gasteiger charge is 1.94. The third kappa shape index (κ3) is 1.21. The van der Waals surface area contributed by atoms with Crippen LogP contribution >= 0.6 is 0 Å². The van der Waals surface area contributed by atoms with Gasteiger partial charge in [0.15, 0.2) is 0 Å². The first-order chi connectivity index (χ1) is 4.74. The van der Waals surface area contributed by atoms with E-state index in [0.717, 1.165) is 11.3 Å². The monoisotopic (exact) mass is 137 g/mol. The SMILES string of the molecule is CNc1cc(O)ccc1C.